The summed E-state index contributed by atoms with van der Waals surface area (Å²) >= 11 is 0. The molecule has 3 aromatic heterocycles. The lowest BCUT2D eigenvalue weighted by molar-refractivity contribution is 0.0849. The van der Waals surface area contributed by atoms with E-state index in [0.717, 1.165) is 5.65 Å². The van der Waals surface area contributed by atoms with Crippen LogP contribution in [0.5, 0.6) is 0 Å². The number of fused-ring (bicyclic) bond motifs is 1. The molecule has 164 valence electrons. The number of halogens is 1. The normalized spacial score (nSPS) is 18.4. The van der Waals surface area contributed by atoms with Gasteiger partial charge in [0.25, 0.3) is 5.91 Å². The zero-order valence-electron chi connectivity index (χ0n) is 17.4. The van der Waals surface area contributed by atoms with Crippen molar-refractivity contribution in [1.82, 2.24) is 29.5 Å². The van der Waals surface area contributed by atoms with E-state index in [9.17, 15) is 14.3 Å². The van der Waals surface area contributed by atoms with Gasteiger partial charge in [-0.3, -0.25) is 4.79 Å². The molecule has 1 aliphatic rings. The highest BCUT2D eigenvalue weighted by Gasteiger charge is 2.40. The van der Waals surface area contributed by atoms with Gasteiger partial charge in [-0.1, -0.05) is 0 Å². The van der Waals surface area contributed by atoms with Crippen LogP contribution in [0.2, 0.25) is 0 Å². The molecule has 0 saturated carbocycles. The van der Waals surface area contributed by atoms with Crippen LogP contribution in [0.3, 0.4) is 0 Å². The Labute approximate surface area is 183 Å². The van der Waals surface area contributed by atoms with Gasteiger partial charge in [-0.25, -0.2) is 19.0 Å². The van der Waals surface area contributed by atoms with Crippen molar-refractivity contribution < 1.29 is 14.3 Å². The van der Waals surface area contributed by atoms with Crippen molar-refractivity contribution in [2.75, 3.05) is 24.6 Å². The van der Waals surface area contributed by atoms with Gasteiger partial charge in [0.1, 0.15) is 5.82 Å². The highest BCUT2D eigenvalue weighted by Crippen LogP contribution is 2.28. The van der Waals surface area contributed by atoms with Crippen LogP contribution in [-0.2, 0) is 0 Å². The highest BCUT2D eigenvalue weighted by molar-refractivity contribution is 5.93. The Balaban J connectivity index is 1.34. The van der Waals surface area contributed by atoms with Crippen molar-refractivity contribution >= 4 is 17.4 Å². The van der Waals surface area contributed by atoms with Crippen molar-refractivity contribution in [2.45, 2.75) is 18.9 Å². The Hall–Kier alpha value is -3.79. The molecule has 4 heterocycles. The predicted molar refractivity (Wildman–Crippen MR) is 115 cm³/mol. The van der Waals surface area contributed by atoms with Gasteiger partial charge < -0.3 is 19.7 Å². The summed E-state index contributed by atoms with van der Waals surface area (Å²) in [5.41, 5.74) is 1.27. The molecule has 5 rings (SSSR count). The third-order valence-electron chi connectivity index (χ3n) is 5.86. The first kappa shape index (κ1) is 20.1. The number of aliphatic hydroxyl groups is 1. The van der Waals surface area contributed by atoms with Gasteiger partial charge in [-0.15, -0.1) is 0 Å². The summed E-state index contributed by atoms with van der Waals surface area (Å²) in [6.45, 7) is 2.46. The van der Waals surface area contributed by atoms with E-state index < -0.39 is 5.54 Å². The molecule has 1 atom stereocenters. The molecular formula is C22H22FN7O2. The van der Waals surface area contributed by atoms with Crippen LogP contribution in [0.4, 0.5) is 10.2 Å². The van der Waals surface area contributed by atoms with Gasteiger partial charge in [0.2, 0.25) is 0 Å². The van der Waals surface area contributed by atoms with Crippen LogP contribution in [-0.4, -0.2) is 60.4 Å². The van der Waals surface area contributed by atoms with Crippen molar-refractivity contribution in [1.29, 1.82) is 0 Å². The Morgan fingerprint density at radius 2 is 2.03 bits per heavy atom. The SMILES string of the molecule is Cc1cc(-n2ccc(C(=O)NC3(CO)CCN(c4nccn5ccnc45)C3)n2)ccc1F. The number of hydrogen-bond acceptors (Lipinski definition) is 6. The summed E-state index contributed by atoms with van der Waals surface area (Å²) in [5, 5.41) is 17.4. The number of aryl methyl sites for hydroxylation is 1. The average molecular weight is 435 g/mol. The number of benzene rings is 1. The van der Waals surface area contributed by atoms with Crippen LogP contribution >= 0.6 is 0 Å². The minimum Gasteiger partial charge on any atom is -0.394 e. The molecule has 0 radical (unpaired) electrons. The van der Waals surface area contributed by atoms with Crippen molar-refractivity contribution in [3.8, 4) is 5.69 Å². The number of anilines is 1. The maximum Gasteiger partial charge on any atom is 0.272 e. The van der Waals surface area contributed by atoms with Crippen molar-refractivity contribution in [2.24, 2.45) is 0 Å². The summed E-state index contributed by atoms with van der Waals surface area (Å²) in [7, 11) is 0. The fourth-order valence-corrected chi connectivity index (χ4v) is 4.05. The average Bonchev–Trinajstić information content (AvgIpc) is 3.55. The molecular weight excluding hydrogens is 413 g/mol. The van der Waals surface area contributed by atoms with Gasteiger partial charge in [0, 0.05) is 44.1 Å². The second-order valence-corrected chi connectivity index (χ2v) is 8.05. The van der Waals surface area contributed by atoms with Crippen LogP contribution < -0.4 is 10.2 Å². The molecule has 1 aliphatic heterocycles. The second-order valence-electron chi connectivity index (χ2n) is 8.05. The standard InChI is InChI=1S/C22H22FN7O2/c1-15-12-16(2-3-17(15)23)30-8-4-18(27-30)21(32)26-22(14-31)5-9-29(13-22)20-19-24-6-10-28(19)11-7-25-20/h2-4,6-8,10-12,31H,5,9,13-14H2,1H3,(H,26,32). The van der Waals surface area contributed by atoms with E-state index >= 15 is 0 Å². The summed E-state index contributed by atoms with van der Waals surface area (Å²) in [6.07, 6.45) is 9.27. The van der Waals surface area contributed by atoms with Gasteiger partial charge in [0.05, 0.1) is 17.8 Å². The smallest absolute Gasteiger partial charge is 0.272 e. The van der Waals surface area contributed by atoms with E-state index in [1.165, 1.54) is 10.7 Å². The number of amides is 1. The molecule has 10 heteroatoms. The topological polar surface area (TPSA) is 101 Å². The predicted octanol–water partition coefficient (Wildman–Crippen LogP) is 1.73. The first-order valence-corrected chi connectivity index (χ1v) is 10.3. The molecule has 4 aromatic rings. The fourth-order valence-electron chi connectivity index (χ4n) is 4.05. The van der Waals surface area contributed by atoms with E-state index in [1.54, 1.807) is 43.7 Å². The minimum atomic E-state index is -0.825. The van der Waals surface area contributed by atoms with Crippen LogP contribution in [0.25, 0.3) is 11.3 Å². The number of hydrogen-bond donors (Lipinski definition) is 2. The van der Waals surface area contributed by atoms with Gasteiger partial charge >= 0.3 is 0 Å². The minimum absolute atomic E-state index is 0.215. The van der Waals surface area contributed by atoms with E-state index in [2.05, 4.69) is 20.4 Å². The fraction of sp³-hybridized carbons (Fsp3) is 0.273. The molecule has 1 fully saturated rings. The van der Waals surface area contributed by atoms with Crippen LogP contribution in [0.15, 0.2) is 55.2 Å². The molecule has 0 aliphatic carbocycles. The largest absolute Gasteiger partial charge is 0.394 e. The van der Waals surface area contributed by atoms with Gasteiger partial charge in [-0.2, -0.15) is 5.10 Å². The Kier molecular flexibility index (Phi) is 4.86. The number of carbonyl (C=O) groups is 1. The molecule has 1 unspecified atom stereocenters. The van der Waals surface area contributed by atoms with Gasteiger partial charge in [-0.05, 0) is 43.2 Å². The molecule has 0 spiro atoms. The number of aromatic nitrogens is 5. The first-order valence-electron chi connectivity index (χ1n) is 10.3. The van der Waals surface area contributed by atoms with Crippen LogP contribution in [0.1, 0.15) is 22.5 Å². The number of nitrogens with zero attached hydrogens (tertiary/aromatic N) is 6. The monoisotopic (exact) mass is 435 g/mol. The molecule has 9 nitrogen and oxygen atoms in total. The maximum atomic E-state index is 13.5. The number of aliphatic hydroxyl groups excluding tert-OH is 1. The Morgan fingerprint density at radius 3 is 2.81 bits per heavy atom. The molecule has 1 amide bonds. The number of rotatable bonds is 5. The van der Waals surface area contributed by atoms with E-state index in [4.69, 9.17) is 0 Å². The lowest BCUT2D eigenvalue weighted by Crippen LogP contribution is -2.53. The Morgan fingerprint density at radius 1 is 1.22 bits per heavy atom. The second kappa shape index (κ2) is 7.72. The zero-order valence-corrected chi connectivity index (χ0v) is 17.4. The third-order valence-corrected chi connectivity index (χ3v) is 5.86. The summed E-state index contributed by atoms with van der Waals surface area (Å²) < 4.78 is 17.0. The van der Waals surface area contributed by atoms with E-state index in [0.29, 0.717) is 36.6 Å². The molecule has 0 bridgehead atoms. The molecule has 2 N–H and O–H groups in total. The molecule has 32 heavy (non-hydrogen) atoms. The zero-order chi connectivity index (χ0) is 22.3. The van der Waals surface area contributed by atoms with Gasteiger partial charge in [0.15, 0.2) is 17.2 Å². The van der Waals surface area contributed by atoms with E-state index in [-0.39, 0.29) is 24.0 Å². The first-order chi connectivity index (χ1) is 15.5. The summed E-state index contributed by atoms with van der Waals surface area (Å²) in [6, 6.07) is 6.23. The van der Waals surface area contributed by atoms with Crippen LogP contribution in [0, 0.1) is 12.7 Å². The van der Waals surface area contributed by atoms with E-state index in [1.807, 2.05) is 21.7 Å². The summed E-state index contributed by atoms with van der Waals surface area (Å²) in [5.74, 6) is 0.0265. The Bertz CT molecular complexity index is 1300. The molecule has 1 aromatic carbocycles. The number of carbonyl (C=O) groups excluding carboxylic acids is 1. The third kappa shape index (κ3) is 3.48. The molecule has 1 saturated heterocycles. The lowest BCUT2D eigenvalue weighted by Gasteiger charge is -2.28. The maximum absolute atomic E-state index is 13.5. The highest BCUT2D eigenvalue weighted by atomic mass is 19.1. The number of imidazole rings is 1. The van der Waals surface area contributed by atoms with Crippen molar-refractivity contribution in [3.63, 3.8) is 0 Å². The number of nitrogens with one attached hydrogen (secondary N) is 1. The van der Waals surface area contributed by atoms with Crippen molar-refractivity contribution in [3.05, 3.63) is 72.3 Å². The lowest BCUT2D eigenvalue weighted by atomic mass is 9.99. The summed E-state index contributed by atoms with van der Waals surface area (Å²) in [4.78, 5) is 23.8. The quantitative estimate of drug-likeness (QED) is 0.495.